The molecule has 0 bridgehead atoms. The minimum atomic E-state index is 0.0230. The van der Waals surface area contributed by atoms with E-state index >= 15 is 0 Å². The predicted molar refractivity (Wildman–Crippen MR) is 88.0 cm³/mol. The van der Waals surface area contributed by atoms with Crippen LogP contribution in [-0.2, 0) is 4.79 Å². The van der Waals surface area contributed by atoms with Crippen molar-refractivity contribution in [3.8, 4) is 0 Å². The van der Waals surface area contributed by atoms with Crippen LogP contribution in [0, 0.1) is 0 Å². The minimum absolute atomic E-state index is 0.0230. The Bertz CT molecular complexity index is 648. The second-order valence-electron chi connectivity index (χ2n) is 5.75. The summed E-state index contributed by atoms with van der Waals surface area (Å²) in [6.07, 6.45) is 9.59. The number of nitrogens with one attached hydrogen (secondary N) is 1. The normalized spacial score (nSPS) is 16.4. The Labute approximate surface area is 125 Å². The molecule has 0 heterocycles. The maximum absolute atomic E-state index is 12.0. The van der Waals surface area contributed by atoms with E-state index in [4.69, 9.17) is 0 Å². The van der Waals surface area contributed by atoms with Gasteiger partial charge in [0, 0.05) is 12.1 Å². The average molecular weight is 279 g/mol. The lowest BCUT2D eigenvalue weighted by Crippen LogP contribution is -2.34. The van der Waals surface area contributed by atoms with Crippen LogP contribution in [0.3, 0.4) is 0 Å². The number of rotatable bonds is 3. The van der Waals surface area contributed by atoms with Crippen molar-refractivity contribution in [3.63, 3.8) is 0 Å². The summed E-state index contributed by atoms with van der Waals surface area (Å²) < 4.78 is 0. The van der Waals surface area contributed by atoms with Gasteiger partial charge in [-0.15, -0.1) is 0 Å². The number of hydrogen-bond acceptors (Lipinski definition) is 1. The number of fused-ring (bicyclic) bond motifs is 1. The summed E-state index contributed by atoms with van der Waals surface area (Å²) in [6, 6.07) is 14.8. The monoisotopic (exact) mass is 279 g/mol. The van der Waals surface area contributed by atoms with Crippen molar-refractivity contribution >= 4 is 22.8 Å². The van der Waals surface area contributed by atoms with Crippen molar-refractivity contribution in [1.82, 2.24) is 5.32 Å². The third kappa shape index (κ3) is 3.52. The maximum Gasteiger partial charge on any atom is 0.244 e. The highest BCUT2D eigenvalue weighted by Gasteiger charge is 2.14. The molecule has 0 aromatic heterocycles. The Morgan fingerprint density at radius 2 is 1.76 bits per heavy atom. The Morgan fingerprint density at radius 3 is 2.62 bits per heavy atom. The first-order valence-corrected chi connectivity index (χ1v) is 7.79. The van der Waals surface area contributed by atoms with Gasteiger partial charge in [-0.25, -0.2) is 0 Å². The van der Waals surface area contributed by atoms with Gasteiger partial charge < -0.3 is 5.32 Å². The Morgan fingerprint density at radius 1 is 1.00 bits per heavy atom. The molecule has 0 saturated heterocycles. The van der Waals surface area contributed by atoms with Gasteiger partial charge >= 0.3 is 0 Å². The number of hydrogen-bond donors (Lipinski definition) is 1. The minimum Gasteiger partial charge on any atom is -0.350 e. The van der Waals surface area contributed by atoms with E-state index in [2.05, 4.69) is 23.5 Å². The molecule has 1 N–H and O–H groups in total. The van der Waals surface area contributed by atoms with Crippen LogP contribution in [0.5, 0.6) is 0 Å². The fourth-order valence-corrected chi connectivity index (χ4v) is 3.06. The summed E-state index contributed by atoms with van der Waals surface area (Å²) >= 11 is 0. The second kappa shape index (κ2) is 6.57. The Hall–Kier alpha value is -2.09. The number of benzene rings is 2. The molecule has 1 aliphatic carbocycles. The van der Waals surface area contributed by atoms with Crippen LogP contribution in [0.25, 0.3) is 16.8 Å². The van der Waals surface area contributed by atoms with Gasteiger partial charge in [0.05, 0.1) is 0 Å². The van der Waals surface area contributed by atoms with Crippen molar-refractivity contribution in [3.05, 3.63) is 54.1 Å². The van der Waals surface area contributed by atoms with Gasteiger partial charge in [0.1, 0.15) is 0 Å². The SMILES string of the molecule is O=C(/C=C\c1cccc2ccccc12)NC1CCCCC1. The van der Waals surface area contributed by atoms with Crippen LogP contribution in [0.2, 0.25) is 0 Å². The van der Waals surface area contributed by atoms with Crippen LogP contribution in [0.1, 0.15) is 37.7 Å². The first kappa shape index (κ1) is 13.9. The molecule has 3 rings (SSSR count). The van der Waals surface area contributed by atoms with Crippen molar-refractivity contribution in [2.24, 2.45) is 0 Å². The summed E-state index contributed by atoms with van der Waals surface area (Å²) in [4.78, 5) is 12.0. The van der Waals surface area contributed by atoms with E-state index < -0.39 is 0 Å². The zero-order chi connectivity index (χ0) is 14.5. The molecule has 2 heteroatoms. The highest BCUT2D eigenvalue weighted by Crippen LogP contribution is 2.20. The lowest BCUT2D eigenvalue weighted by atomic mass is 9.95. The molecule has 1 amide bonds. The molecular formula is C19H21NO. The summed E-state index contributed by atoms with van der Waals surface area (Å²) in [5.41, 5.74) is 1.09. The molecule has 1 fully saturated rings. The zero-order valence-electron chi connectivity index (χ0n) is 12.2. The third-order valence-electron chi connectivity index (χ3n) is 4.19. The smallest absolute Gasteiger partial charge is 0.244 e. The summed E-state index contributed by atoms with van der Waals surface area (Å²) in [5.74, 6) is 0.0230. The van der Waals surface area contributed by atoms with Crippen LogP contribution in [0.15, 0.2) is 48.5 Å². The molecule has 2 aromatic rings. The number of amides is 1. The van der Waals surface area contributed by atoms with Crippen molar-refractivity contribution in [1.29, 1.82) is 0 Å². The lowest BCUT2D eigenvalue weighted by Gasteiger charge is -2.21. The summed E-state index contributed by atoms with van der Waals surface area (Å²) in [7, 11) is 0. The van der Waals surface area contributed by atoms with E-state index in [9.17, 15) is 4.79 Å². The van der Waals surface area contributed by atoms with Gasteiger partial charge in [0.15, 0.2) is 0 Å². The van der Waals surface area contributed by atoms with Crippen LogP contribution >= 0.6 is 0 Å². The van der Waals surface area contributed by atoms with Gasteiger partial charge in [-0.1, -0.05) is 61.7 Å². The van der Waals surface area contributed by atoms with Gasteiger partial charge in [-0.2, -0.15) is 0 Å². The van der Waals surface area contributed by atoms with Crippen molar-refractivity contribution in [2.75, 3.05) is 0 Å². The molecular weight excluding hydrogens is 258 g/mol. The van der Waals surface area contributed by atoms with Crippen molar-refractivity contribution < 1.29 is 4.79 Å². The first-order valence-electron chi connectivity index (χ1n) is 7.79. The average Bonchev–Trinajstić information content (AvgIpc) is 2.54. The molecule has 21 heavy (non-hydrogen) atoms. The van der Waals surface area contributed by atoms with E-state index in [1.54, 1.807) is 6.08 Å². The molecule has 108 valence electrons. The molecule has 0 radical (unpaired) electrons. The molecule has 2 nitrogen and oxygen atoms in total. The van der Waals surface area contributed by atoms with E-state index in [1.165, 1.54) is 30.0 Å². The number of carbonyl (C=O) groups excluding carboxylic acids is 1. The fraction of sp³-hybridized carbons (Fsp3) is 0.316. The highest BCUT2D eigenvalue weighted by atomic mass is 16.1. The first-order chi connectivity index (χ1) is 10.3. The summed E-state index contributed by atoms with van der Waals surface area (Å²) in [6.45, 7) is 0. The van der Waals surface area contributed by atoms with E-state index in [1.807, 2.05) is 30.3 Å². The molecule has 1 aliphatic rings. The Kier molecular flexibility index (Phi) is 4.34. The zero-order valence-corrected chi connectivity index (χ0v) is 12.2. The van der Waals surface area contributed by atoms with Gasteiger partial charge in [0.25, 0.3) is 0 Å². The van der Waals surface area contributed by atoms with E-state index in [0.717, 1.165) is 18.4 Å². The van der Waals surface area contributed by atoms with Crippen LogP contribution in [-0.4, -0.2) is 11.9 Å². The molecule has 2 aromatic carbocycles. The van der Waals surface area contributed by atoms with Gasteiger partial charge in [-0.05, 0) is 35.3 Å². The second-order valence-corrected chi connectivity index (χ2v) is 5.75. The quantitative estimate of drug-likeness (QED) is 0.834. The maximum atomic E-state index is 12.0. The topological polar surface area (TPSA) is 29.1 Å². The molecule has 1 saturated carbocycles. The summed E-state index contributed by atoms with van der Waals surface area (Å²) in [5, 5.41) is 5.49. The van der Waals surface area contributed by atoms with Crippen molar-refractivity contribution in [2.45, 2.75) is 38.1 Å². The predicted octanol–water partition coefficient (Wildman–Crippen LogP) is 4.30. The molecule has 0 atom stereocenters. The Balaban J connectivity index is 1.70. The largest absolute Gasteiger partial charge is 0.350 e. The van der Waals surface area contributed by atoms with E-state index in [0.29, 0.717) is 6.04 Å². The standard InChI is InChI=1S/C19H21NO/c21-19(20-17-10-2-1-3-11-17)14-13-16-9-6-8-15-7-4-5-12-18(15)16/h4-9,12-14,17H,1-3,10-11H2,(H,20,21)/b14-13-. The highest BCUT2D eigenvalue weighted by molar-refractivity contribution is 5.96. The van der Waals surface area contributed by atoms with Gasteiger partial charge in [0.2, 0.25) is 5.91 Å². The number of carbonyl (C=O) groups is 1. The fourth-order valence-electron chi connectivity index (χ4n) is 3.06. The van der Waals surface area contributed by atoms with Gasteiger partial charge in [-0.3, -0.25) is 4.79 Å². The molecule has 0 unspecified atom stereocenters. The van der Waals surface area contributed by atoms with Crippen LogP contribution in [0.4, 0.5) is 0 Å². The third-order valence-corrected chi connectivity index (χ3v) is 4.19. The molecule has 0 aliphatic heterocycles. The van der Waals surface area contributed by atoms with Crippen LogP contribution < -0.4 is 5.32 Å². The van der Waals surface area contributed by atoms with E-state index in [-0.39, 0.29) is 5.91 Å². The lowest BCUT2D eigenvalue weighted by molar-refractivity contribution is -0.117. The molecule has 0 spiro atoms.